The fourth-order valence-corrected chi connectivity index (χ4v) is 2.42. The summed E-state index contributed by atoms with van der Waals surface area (Å²) < 4.78 is 0.948. The molecule has 2 N–H and O–H groups in total. The summed E-state index contributed by atoms with van der Waals surface area (Å²) in [4.78, 5) is 4.02. The second kappa shape index (κ2) is 5.25. The zero-order chi connectivity index (χ0) is 12.4. The van der Waals surface area contributed by atoms with Crippen molar-refractivity contribution < 1.29 is 0 Å². The Kier molecular flexibility index (Phi) is 3.92. The molecule has 0 amide bonds. The Balaban J connectivity index is 2.34. The highest BCUT2D eigenvalue weighted by molar-refractivity contribution is 9.10. The third-order valence-corrected chi connectivity index (χ3v) is 3.42. The predicted molar refractivity (Wildman–Crippen MR) is 75.6 cm³/mol. The first-order valence-electron chi connectivity index (χ1n) is 4.90. The van der Waals surface area contributed by atoms with Gasteiger partial charge in [0.25, 0.3) is 0 Å². The van der Waals surface area contributed by atoms with Crippen LogP contribution >= 0.6 is 39.1 Å². The van der Waals surface area contributed by atoms with Gasteiger partial charge in [-0.1, -0.05) is 45.2 Å². The molecule has 1 aromatic heterocycles. The Labute approximate surface area is 118 Å². The van der Waals surface area contributed by atoms with Crippen LogP contribution in [0.1, 0.15) is 11.1 Å². The number of halogens is 3. The second-order valence-electron chi connectivity index (χ2n) is 3.61. The monoisotopic (exact) mass is 330 g/mol. The molecule has 0 atom stereocenters. The largest absolute Gasteiger partial charge is 0.383 e. The molecule has 0 aliphatic heterocycles. The Morgan fingerprint density at radius 3 is 2.65 bits per heavy atom. The molecule has 5 heteroatoms. The molecule has 0 saturated heterocycles. The topological polar surface area (TPSA) is 38.9 Å². The number of hydrogen-bond donors (Lipinski definition) is 1. The molecule has 2 nitrogen and oxygen atoms in total. The van der Waals surface area contributed by atoms with Crippen LogP contribution in [0.15, 0.2) is 34.9 Å². The minimum absolute atomic E-state index is 0.480. The average Bonchev–Trinajstić information content (AvgIpc) is 2.27. The van der Waals surface area contributed by atoms with Gasteiger partial charge in [0.05, 0.1) is 5.02 Å². The molecular weight excluding hydrogens is 323 g/mol. The molecule has 17 heavy (non-hydrogen) atoms. The average molecular weight is 332 g/mol. The maximum Gasteiger partial charge on any atom is 0.126 e. The number of benzene rings is 1. The van der Waals surface area contributed by atoms with Gasteiger partial charge in [0.2, 0.25) is 0 Å². The summed E-state index contributed by atoms with van der Waals surface area (Å²) in [5.41, 5.74) is 7.66. The Morgan fingerprint density at radius 2 is 1.94 bits per heavy atom. The maximum atomic E-state index is 6.15. The van der Waals surface area contributed by atoms with E-state index in [2.05, 4.69) is 20.9 Å². The fourth-order valence-electron chi connectivity index (χ4n) is 1.50. The summed E-state index contributed by atoms with van der Waals surface area (Å²) in [5, 5.41) is 1.26. The number of hydrogen-bond acceptors (Lipinski definition) is 2. The van der Waals surface area contributed by atoms with Gasteiger partial charge >= 0.3 is 0 Å². The first kappa shape index (κ1) is 12.7. The maximum absolute atomic E-state index is 6.15. The van der Waals surface area contributed by atoms with E-state index >= 15 is 0 Å². The van der Waals surface area contributed by atoms with Crippen LogP contribution in [-0.4, -0.2) is 4.98 Å². The van der Waals surface area contributed by atoms with Gasteiger partial charge < -0.3 is 5.73 Å². The molecule has 2 rings (SSSR count). The summed E-state index contributed by atoms with van der Waals surface area (Å²) in [6, 6.07) is 7.55. The molecule has 0 spiro atoms. The lowest BCUT2D eigenvalue weighted by Gasteiger charge is -2.07. The zero-order valence-electron chi connectivity index (χ0n) is 8.75. The standard InChI is InChI=1S/C12H9BrCl2N2/c13-9-2-1-7(11(15)5-9)3-8-4-10(14)6-17-12(8)16/h1-2,4-6H,3H2,(H2,16,17). The van der Waals surface area contributed by atoms with E-state index < -0.39 is 0 Å². The van der Waals surface area contributed by atoms with E-state index in [0.29, 0.717) is 22.3 Å². The van der Waals surface area contributed by atoms with Gasteiger partial charge in [0.15, 0.2) is 0 Å². The summed E-state index contributed by atoms with van der Waals surface area (Å²) in [5.74, 6) is 0.480. The van der Waals surface area contributed by atoms with E-state index in [1.165, 1.54) is 6.20 Å². The van der Waals surface area contributed by atoms with Crippen molar-refractivity contribution in [3.05, 3.63) is 56.1 Å². The Morgan fingerprint density at radius 1 is 1.18 bits per heavy atom. The molecule has 0 fully saturated rings. The number of rotatable bonds is 2. The fraction of sp³-hybridized carbons (Fsp3) is 0.0833. The first-order valence-corrected chi connectivity index (χ1v) is 6.45. The van der Waals surface area contributed by atoms with Crippen molar-refractivity contribution in [2.24, 2.45) is 0 Å². The van der Waals surface area contributed by atoms with Gasteiger partial charge in [-0.2, -0.15) is 0 Å². The lowest BCUT2D eigenvalue weighted by atomic mass is 10.1. The predicted octanol–water partition coefficient (Wildman–Crippen LogP) is 4.32. The summed E-state index contributed by atoms with van der Waals surface area (Å²) in [6.45, 7) is 0. The van der Waals surface area contributed by atoms with Crippen LogP contribution in [0.5, 0.6) is 0 Å². The highest BCUT2D eigenvalue weighted by Crippen LogP contribution is 2.25. The SMILES string of the molecule is Nc1ncc(Cl)cc1Cc1ccc(Br)cc1Cl. The molecule has 0 saturated carbocycles. The Hall–Kier alpha value is -0.770. The smallest absolute Gasteiger partial charge is 0.126 e. The number of nitrogen functional groups attached to an aromatic ring is 1. The van der Waals surface area contributed by atoms with E-state index in [0.717, 1.165) is 15.6 Å². The van der Waals surface area contributed by atoms with Crippen molar-refractivity contribution in [2.75, 3.05) is 5.73 Å². The number of nitrogens with zero attached hydrogens (tertiary/aromatic N) is 1. The van der Waals surface area contributed by atoms with E-state index in [1.807, 2.05) is 24.3 Å². The number of aromatic nitrogens is 1. The van der Waals surface area contributed by atoms with Gasteiger partial charge in [-0.25, -0.2) is 4.98 Å². The van der Waals surface area contributed by atoms with Crippen molar-refractivity contribution in [1.29, 1.82) is 0 Å². The van der Waals surface area contributed by atoms with Crippen LogP contribution in [0.25, 0.3) is 0 Å². The summed E-state index contributed by atoms with van der Waals surface area (Å²) in [7, 11) is 0. The van der Waals surface area contributed by atoms with Crippen molar-refractivity contribution in [2.45, 2.75) is 6.42 Å². The van der Waals surface area contributed by atoms with Crippen LogP contribution in [0.2, 0.25) is 10.0 Å². The first-order chi connectivity index (χ1) is 8.06. The van der Waals surface area contributed by atoms with Crippen LogP contribution in [0.4, 0.5) is 5.82 Å². The quantitative estimate of drug-likeness (QED) is 0.889. The molecule has 0 unspecified atom stereocenters. The second-order valence-corrected chi connectivity index (χ2v) is 5.37. The highest BCUT2D eigenvalue weighted by atomic mass is 79.9. The van der Waals surface area contributed by atoms with E-state index in [4.69, 9.17) is 28.9 Å². The minimum atomic E-state index is 0.480. The molecule has 0 aliphatic carbocycles. The molecule has 0 aliphatic rings. The lowest BCUT2D eigenvalue weighted by molar-refractivity contribution is 1.15. The van der Waals surface area contributed by atoms with E-state index in [-0.39, 0.29) is 0 Å². The molecule has 0 radical (unpaired) electrons. The number of anilines is 1. The normalized spacial score (nSPS) is 10.5. The number of pyridine rings is 1. The molecule has 2 aromatic rings. The van der Waals surface area contributed by atoms with E-state index in [9.17, 15) is 0 Å². The number of nitrogens with two attached hydrogens (primary N) is 1. The third kappa shape index (κ3) is 3.12. The molecule has 1 aromatic carbocycles. The molecule has 0 bridgehead atoms. The van der Waals surface area contributed by atoms with Crippen LogP contribution in [-0.2, 0) is 6.42 Å². The van der Waals surface area contributed by atoms with Gasteiger partial charge in [-0.15, -0.1) is 0 Å². The van der Waals surface area contributed by atoms with Crippen LogP contribution < -0.4 is 5.73 Å². The van der Waals surface area contributed by atoms with Gasteiger partial charge in [-0.05, 0) is 23.8 Å². The van der Waals surface area contributed by atoms with Crippen LogP contribution in [0.3, 0.4) is 0 Å². The summed E-state index contributed by atoms with van der Waals surface area (Å²) >= 11 is 15.4. The van der Waals surface area contributed by atoms with Crippen molar-refractivity contribution in [3.63, 3.8) is 0 Å². The minimum Gasteiger partial charge on any atom is -0.383 e. The highest BCUT2D eigenvalue weighted by Gasteiger charge is 2.06. The van der Waals surface area contributed by atoms with Gasteiger partial charge in [-0.3, -0.25) is 0 Å². The molecule has 1 heterocycles. The van der Waals surface area contributed by atoms with Gasteiger partial charge in [0, 0.05) is 27.7 Å². The van der Waals surface area contributed by atoms with Crippen molar-refractivity contribution >= 4 is 44.9 Å². The van der Waals surface area contributed by atoms with Crippen LogP contribution in [0, 0.1) is 0 Å². The van der Waals surface area contributed by atoms with E-state index in [1.54, 1.807) is 0 Å². The zero-order valence-corrected chi connectivity index (χ0v) is 11.9. The van der Waals surface area contributed by atoms with Crippen molar-refractivity contribution in [1.82, 2.24) is 4.98 Å². The molecule has 88 valence electrons. The lowest BCUT2D eigenvalue weighted by Crippen LogP contribution is -1.99. The summed E-state index contributed by atoms with van der Waals surface area (Å²) in [6.07, 6.45) is 2.15. The van der Waals surface area contributed by atoms with Crippen molar-refractivity contribution in [3.8, 4) is 0 Å². The Bertz CT molecular complexity index is 558. The third-order valence-electron chi connectivity index (χ3n) is 2.36. The van der Waals surface area contributed by atoms with Gasteiger partial charge in [0.1, 0.15) is 5.82 Å². The molecular formula is C12H9BrCl2N2.